The molecule has 2 N–H and O–H groups in total. The van der Waals surface area contributed by atoms with Gasteiger partial charge in [-0.25, -0.2) is 16.8 Å². The maximum Gasteiger partial charge on any atom is 0.264 e. The molecule has 0 heterocycles. The first kappa shape index (κ1) is 48.9. The van der Waals surface area contributed by atoms with Crippen LogP contribution >= 0.6 is 0 Å². The van der Waals surface area contributed by atoms with Crippen molar-refractivity contribution < 1.29 is 45.4 Å². The van der Waals surface area contributed by atoms with Gasteiger partial charge in [0.2, 0.25) is 0 Å². The Hall–Kier alpha value is -7.04. The zero-order valence-electron chi connectivity index (χ0n) is 38.5. The molecule has 1 fully saturated rings. The van der Waals surface area contributed by atoms with Crippen LogP contribution in [0.25, 0.3) is 0 Å². The number of anilines is 4. The zero-order chi connectivity index (χ0) is 48.3. The molecule has 0 bridgehead atoms. The molecule has 68 heavy (non-hydrogen) atoms. The van der Waals surface area contributed by atoms with Crippen LogP contribution in [0.2, 0.25) is 0 Å². The van der Waals surface area contributed by atoms with E-state index in [-0.39, 0.29) is 40.2 Å². The van der Waals surface area contributed by atoms with Crippen LogP contribution in [-0.4, -0.2) is 69.2 Å². The molecule has 0 unspecified atom stereocenters. The van der Waals surface area contributed by atoms with Gasteiger partial charge in [-0.1, -0.05) is 43.5 Å². The van der Waals surface area contributed by atoms with E-state index >= 15 is 0 Å². The van der Waals surface area contributed by atoms with Gasteiger partial charge in [-0.15, -0.1) is 0 Å². The first-order chi connectivity index (χ1) is 32.7. The number of hydrogen-bond acceptors (Lipinski definition) is 10. The quantitative estimate of drug-likeness (QED) is 0.0752. The molecule has 7 rings (SSSR count). The minimum atomic E-state index is -3.81. The van der Waals surface area contributed by atoms with E-state index in [1.165, 1.54) is 47.0 Å². The highest BCUT2D eigenvalue weighted by molar-refractivity contribution is 7.93. The maximum atomic E-state index is 13.2. The smallest absolute Gasteiger partial charge is 0.264 e. The highest BCUT2D eigenvalue weighted by Gasteiger charge is 2.36. The number of rotatable bonds is 20. The van der Waals surface area contributed by atoms with Crippen LogP contribution in [0.1, 0.15) is 57.1 Å². The Morgan fingerprint density at radius 1 is 0.471 bits per heavy atom. The minimum absolute atomic E-state index is 0.134. The van der Waals surface area contributed by atoms with E-state index in [2.05, 4.69) is 34.9 Å². The van der Waals surface area contributed by atoms with Crippen molar-refractivity contribution in [3.63, 3.8) is 0 Å². The van der Waals surface area contributed by atoms with Crippen LogP contribution in [0.15, 0.2) is 155 Å². The summed E-state index contributed by atoms with van der Waals surface area (Å²) in [6.45, 7) is 4.19. The van der Waals surface area contributed by atoms with E-state index in [4.69, 9.17) is 18.9 Å². The Labute approximate surface area is 398 Å². The van der Waals surface area contributed by atoms with Crippen molar-refractivity contribution >= 4 is 54.6 Å². The van der Waals surface area contributed by atoms with Gasteiger partial charge in [0.15, 0.2) is 13.2 Å². The average Bonchev–Trinajstić information content (AvgIpc) is 3.36. The van der Waals surface area contributed by atoms with E-state index in [1.54, 1.807) is 72.8 Å². The number of carbonyl (C=O) groups excluding carboxylic acids is 2. The van der Waals surface area contributed by atoms with Crippen molar-refractivity contribution in [3.8, 4) is 23.0 Å². The molecule has 0 saturated heterocycles. The summed E-state index contributed by atoms with van der Waals surface area (Å²) in [7, 11) is -4.67. The van der Waals surface area contributed by atoms with Gasteiger partial charge in [0.05, 0.1) is 34.4 Å². The number of nitrogens with zero attached hydrogens (tertiary/aromatic N) is 2. The Balaban J connectivity index is 0.896. The lowest BCUT2D eigenvalue weighted by Crippen LogP contribution is -2.30. The van der Waals surface area contributed by atoms with Crippen LogP contribution in [0.5, 0.6) is 23.0 Å². The first-order valence-electron chi connectivity index (χ1n) is 22.4. The van der Waals surface area contributed by atoms with Crippen LogP contribution in [0.3, 0.4) is 0 Å². The van der Waals surface area contributed by atoms with E-state index in [0.717, 1.165) is 43.2 Å². The average molecular weight is 961 g/mol. The predicted molar refractivity (Wildman–Crippen MR) is 264 cm³/mol. The van der Waals surface area contributed by atoms with Crippen LogP contribution < -0.4 is 38.2 Å². The van der Waals surface area contributed by atoms with Gasteiger partial charge in [-0.2, -0.15) is 0 Å². The van der Waals surface area contributed by atoms with Crippen molar-refractivity contribution in [2.75, 3.05) is 59.8 Å². The molecule has 356 valence electrons. The predicted octanol–water partition coefficient (Wildman–Crippen LogP) is 9.42. The maximum absolute atomic E-state index is 13.2. The second-order valence-electron chi connectivity index (χ2n) is 16.2. The summed E-state index contributed by atoms with van der Waals surface area (Å²) in [4.78, 5) is 26.2. The molecule has 2 amide bonds. The fourth-order valence-electron chi connectivity index (χ4n) is 8.18. The van der Waals surface area contributed by atoms with E-state index in [0.29, 0.717) is 59.0 Å². The van der Waals surface area contributed by atoms with Gasteiger partial charge in [-0.05, 0) is 159 Å². The topological polar surface area (TPSA) is 170 Å². The molecule has 1 aliphatic carbocycles. The van der Waals surface area contributed by atoms with Crippen molar-refractivity contribution in [1.29, 1.82) is 0 Å². The number of nitrogens with one attached hydrogen (secondary N) is 2. The number of carbonyl (C=O) groups is 2. The molecular formula is C52H56N4O10S2. The lowest BCUT2D eigenvalue weighted by molar-refractivity contribution is -0.118. The molecule has 1 aliphatic rings. The van der Waals surface area contributed by atoms with Crippen molar-refractivity contribution in [3.05, 3.63) is 157 Å². The summed E-state index contributed by atoms with van der Waals surface area (Å²) in [6.07, 6.45) is 5.19. The second-order valence-corrected chi connectivity index (χ2v) is 20.2. The van der Waals surface area contributed by atoms with Crippen molar-refractivity contribution in [2.24, 2.45) is 0 Å². The minimum Gasteiger partial charge on any atom is -0.494 e. The fourth-order valence-corrected chi connectivity index (χ4v) is 10.6. The van der Waals surface area contributed by atoms with Gasteiger partial charge >= 0.3 is 0 Å². The van der Waals surface area contributed by atoms with E-state index in [1.807, 2.05) is 38.1 Å². The monoisotopic (exact) mass is 960 g/mol. The molecule has 0 radical (unpaired) electrons. The molecule has 0 aromatic heterocycles. The molecule has 0 spiro atoms. The molecule has 0 atom stereocenters. The van der Waals surface area contributed by atoms with Crippen molar-refractivity contribution in [2.45, 2.75) is 61.2 Å². The number of amides is 2. The van der Waals surface area contributed by atoms with Crippen LogP contribution in [0, 0.1) is 0 Å². The standard InChI is InChI=1S/C52H56N4O10S2/c1-5-63-44-26-30-48(31-27-44)67(59,60)55(3)42-18-22-46(23-19-42)65-36-50(57)53-40-14-10-38(11-15-40)52(34-8-7-9-35-52)39-12-16-41(17-13-39)54-51(58)37-66-47-24-20-43(21-25-47)56(4)68(61,62)49-32-28-45(29-33-49)64-6-2/h10-33H,5-9,34-37H2,1-4H3,(H,53,57)(H,54,58). The van der Waals surface area contributed by atoms with Gasteiger partial charge in [0.25, 0.3) is 31.9 Å². The lowest BCUT2D eigenvalue weighted by atomic mass is 9.65. The molecular weight excluding hydrogens is 905 g/mol. The van der Waals surface area contributed by atoms with Gasteiger partial charge < -0.3 is 29.6 Å². The second kappa shape index (κ2) is 21.7. The largest absolute Gasteiger partial charge is 0.494 e. The summed E-state index contributed by atoms with van der Waals surface area (Å²) in [5, 5.41) is 5.81. The summed E-state index contributed by atoms with van der Waals surface area (Å²) in [5.41, 5.74) is 4.15. The normalized spacial score (nSPS) is 13.4. The first-order valence-corrected chi connectivity index (χ1v) is 25.3. The number of benzene rings is 6. The Bertz CT molecular complexity index is 2660. The van der Waals surface area contributed by atoms with Crippen molar-refractivity contribution in [1.82, 2.24) is 0 Å². The molecule has 0 aliphatic heterocycles. The molecule has 16 heteroatoms. The Morgan fingerprint density at radius 2 is 0.794 bits per heavy atom. The molecule has 1 saturated carbocycles. The third-order valence-electron chi connectivity index (χ3n) is 11.9. The summed E-state index contributed by atoms with van der Waals surface area (Å²) >= 11 is 0. The third-order valence-corrected chi connectivity index (χ3v) is 15.5. The molecule has 6 aromatic carbocycles. The van der Waals surface area contributed by atoms with Gasteiger partial charge in [0, 0.05) is 30.9 Å². The SMILES string of the molecule is CCOc1ccc(S(=O)(=O)N(C)c2ccc(OCC(=O)Nc3ccc(C4(c5ccc(NC(=O)COc6ccc(N(C)S(=O)(=O)c7ccc(OCC)cc7)cc6)cc5)CCCCC4)cc3)cc2)cc1. The van der Waals surface area contributed by atoms with Crippen LogP contribution in [-0.2, 0) is 35.1 Å². The number of ether oxygens (including phenoxy) is 4. The fraction of sp³-hybridized carbons (Fsp3) is 0.269. The number of sulfonamides is 2. The summed E-state index contributed by atoms with van der Waals surface area (Å²) < 4.78 is 77.5. The highest BCUT2D eigenvalue weighted by atomic mass is 32.2. The van der Waals surface area contributed by atoms with E-state index < -0.39 is 20.0 Å². The highest BCUT2D eigenvalue weighted by Crippen LogP contribution is 2.45. The van der Waals surface area contributed by atoms with E-state index in [9.17, 15) is 26.4 Å². The third kappa shape index (κ3) is 11.5. The van der Waals surface area contributed by atoms with Crippen LogP contribution in [0.4, 0.5) is 22.7 Å². The summed E-state index contributed by atoms with van der Waals surface area (Å²) in [5.74, 6) is 1.31. The molecule has 6 aromatic rings. The van der Waals surface area contributed by atoms with Gasteiger partial charge in [0.1, 0.15) is 23.0 Å². The Morgan fingerprint density at radius 3 is 1.13 bits per heavy atom. The zero-order valence-corrected chi connectivity index (χ0v) is 40.1. The molecule has 14 nitrogen and oxygen atoms in total. The lowest BCUT2D eigenvalue weighted by Gasteiger charge is -2.39. The summed E-state index contributed by atoms with van der Waals surface area (Å²) in [6, 6.07) is 41.2. The number of hydrogen-bond donors (Lipinski definition) is 2. The van der Waals surface area contributed by atoms with Gasteiger partial charge in [-0.3, -0.25) is 18.2 Å². The Kier molecular flexibility index (Phi) is 15.6.